The Morgan fingerprint density at radius 2 is 1.32 bits per heavy atom. The van der Waals surface area contributed by atoms with Crippen molar-refractivity contribution in [2.75, 3.05) is 32.7 Å². The van der Waals surface area contributed by atoms with Gasteiger partial charge in [0, 0.05) is 39.1 Å². The zero-order valence-electron chi connectivity index (χ0n) is 16.2. The molecule has 0 unspecified atom stereocenters. The molecule has 1 heterocycles. The van der Waals surface area contributed by atoms with Gasteiger partial charge >= 0.3 is 12.2 Å². The van der Waals surface area contributed by atoms with Crippen LogP contribution in [0, 0.1) is 0 Å². The number of ether oxygens (including phenoxy) is 2. The molecule has 0 aromatic carbocycles. The minimum atomic E-state index is -0.563. The van der Waals surface area contributed by atoms with Crippen molar-refractivity contribution < 1.29 is 23.9 Å². The van der Waals surface area contributed by atoms with E-state index in [2.05, 4.69) is 5.32 Å². The average molecular weight is 357 g/mol. The van der Waals surface area contributed by atoms with Gasteiger partial charge in [-0.1, -0.05) is 0 Å². The van der Waals surface area contributed by atoms with Gasteiger partial charge in [0.25, 0.3) is 0 Å². The Balaban J connectivity index is 2.29. The summed E-state index contributed by atoms with van der Waals surface area (Å²) in [6.07, 6.45) is -0.688. The van der Waals surface area contributed by atoms with E-state index in [-0.39, 0.29) is 25.0 Å². The lowest BCUT2D eigenvalue weighted by atomic mass is 10.2. The number of nitrogens with zero attached hydrogens (tertiary/aromatic N) is 2. The van der Waals surface area contributed by atoms with Gasteiger partial charge in [0.15, 0.2) is 0 Å². The highest BCUT2D eigenvalue weighted by Crippen LogP contribution is 2.12. The van der Waals surface area contributed by atoms with Crippen molar-refractivity contribution in [3.63, 3.8) is 0 Å². The van der Waals surface area contributed by atoms with Gasteiger partial charge in [-0.15, -0.1) is 0 Å². The van der Waals surface area contributed by atoms with Crippen LogP contribution in [0.2, 0.25) is 0 Å². The van der Waals surface area contributed by atoms with Crippen LogP contribution in [0.5, 0.6) is 0 Å². The van der Waals surface area contributed by atoms with E-state index < -0.39 is 17.3 Å². The molecular formula is C17H31N3O5. The van der Waals surface area contributed by atoms with Crippen LogP contribution in [0.15, 0.2) is 0 Å². The average Bonchev–Trinajstić information content (AvgIpc) is 2.43. The molecule has 1 fully saturated rings. The van der Waals surface area contributed by atoms with Gasteiger partial charge in [-0.2, -0.15) is 0 Å². The van der Waals surface area contributed by atoms with Crippen molar-refractivity contribution in [3.8, 4) is 0 Å². The predicted octanol–water partition coefficient (Wildman–Crippen LogP) is 1.98. The van der Waals surface area contributed by atoms with Crippen molar-refractivity contribution in [2.24, 2.45) is 0 Å². The third-order valence-electron chi connectivity index (χ3n) is 3.29. The van der Waals surface area contributed by atoms with Crippen LogP contribution in [-0.4, -0.2) is 71.8 Å². The summed E-state index contributed by atoms with van der Waals surface area (Å²) in [6, 6.07) is 0. The first kappa shape index (κ1) is 21.1. The normalized spacial score (nSPS) is 15.6. The fourth-order valence-electron chi connectivity index (χ4n) is 2.21. The maximum Gasteiger partial charge on any atom is 0.410 e. The molecule has 0 aromatic heterocycles. The zero-order valence-corrected chi connectivity index (χ0v) is 16.2. The summed E-state index contributed by atoms with van der Waals surface area (Å²) >= 11 is 0. The Labute approximate surface area is 149 Å². The van der Waals surface area contributed by atoms with E-state index in [9.17, 15) is 14.4 Å². The van der Waals surface area contributed by atoms with Crippen molar-refractivity contribution in [1.29, 1.82) is 0 Å². The summed E-state index contributed by atoms with van der Waals surface area (Å²) < 4.78 is 10.4. The van der Waals surface area contributed by atoms with E-state index in [0.717, 1.165) is 0 Å². The molecule has 0 aliphatic carbocycles. The maximum atomic E-state index is 12.2. The number of carbonyl (C=O) groups is 3. The molecule has 0 bridgehead atoms. The van der Waals surface area contributed by atoms with E-state index in [0.29, 0.717) is 26.2 Å². The number of nitrogens with one attached hydrogen (secondary N) is 1. The fraction of sp³-hybridized carbons (Fsp3) is 0.824. The summed E-state index contributed by atoms with van der Waals surface area (Å²) in [7, 11) is 0. The molecule has 0 radical (unpaired) electrons. The van der Waals surface area contributed by atoms with Crippen LogP contribution in [0.1, 0.15) is 48.0 Å². The van der Waals surface area contributed by atoms with Crippen molar-refractivity contribution in [1.82, 2.24) is 15.1 Å². The second-order valence-corrected chi connectivity index (χ2v) is 8.03. The molecule has 0 aromatic rings. The fourth-order valence-corrected chi connectivity index (χ4v) is 2.21. The highest BCUT2D eigenvalue weighted by Gasteiger charge is 2.27. The number of hydrogen-bond donors (Lipinski definition) is 1. The van der Waals surface area contributed by atoms with Crippen LogP contribution < -0.4 is 5.32 Å². The highest BCUT2D eigenvalue weighted by atomic mass is 16.6. The van der Waals surface area contributed by atoms with Crippen molar-refractivity contribution in [2.45, 2.75) is 59.2 Å². The lowest BCUT2D eigenvalue weighted by Gasteiger charge is -2.35. The number of rotatable bonds is 3. The highest BCUT2D eigenvalue weighted by molar-refractivity contribution is 5.77. The third-order valence-corrected chi connectivity index (χ3v) is 3.29. The summed E-state index contributed by atoms with van der Waals surface area (Å²) in [5.41, 5.74) is -1.09. The SMILES string of the molecule is CC(C)(C)OC(=O)NCCC(=O)N1CCN(C(=O)OC(C)(C)C)CC1. The van der Waals surface area contributed by atoms with Gasteiger partial charge in [-0.05, 0) is 41.5 Å². The molecule has 8 nitrogen and oxygen atoms in total. The molecule has 3 amide bonds. The Morgan fingerprint density at radius 1 is 0.840 bits per heavy atom. The molecule has 0 atom stereocenters. The van der Waals surface area contributed by atoms with Gasteiger partial charge in [-0.3, -0.25) is 4.79 Å². The topological polar surface area (TPSA) is 88.2 Å². The number of piperazine rings is 1. The number of hydrogen-bond acceptors (Lipinski definition) is 5. The minimum Gasteiger partial charge on any atom is -0.444 e. The van der Waals surface area contributed by atoms with Crippen molar-refractivity contribution >= 4 is 18.1 Å². The molecule has 0 spiro atoms. The van der Waals surface area contributed by atoms with E-state index in [4.69, 9.17) is 9.47 Å². The maximum absolute atomic E-state index is 12.2. The van der Waals surface area contributed by atoms with Gasteiger partial charge in [0.1, 0.15) is 11.2 Å². The van der Waals surface area contributed by atoms with Gasteiger partial charge < -0.3 is 24.6 Å². The van der Waals surface area contributed by atoms with Gasteiger partial charge in [0.05, 0.1) is 0 Å². The number of amides is 3. The molecule has 1 N–H and O–H groups in total. The Bertz CT molecular complexity index is 485. The molecular weight excluding hydrogens is 326 g/mol. The molecule has 1 aliphatic rings. The second-order valence-electron chi connectivity index (χ2n) is 8.03. The van der Waals surface area contributed by atoms with Gasteiger partial charge in [-0.25, -0.2) is 9.59 Å². The lowest BCUT2D eigenvalue weighted by Crippen LogP contribution is -2.52. The van der Waals surface area contributed by atoms with E-state index >= 15 is 0 Å². The summed E-state index contributed by atoms with van der Waals surface area (Å²) in [5.74, 6) is -0.0557. The standard InChI is InChI=1S/C17H31N3O5/c1-16(2,3)24-14(22)18-8-7-13(21)19-9-11-20(12-10-19)15(23)25-17(4,5)6/h7-12H2,1-6H3,(H,18,22). The first-order valence-corrected chi connectivity index (χ1v) is 8.60. The Kier molecular flexibility index (Phi) is 7.07. The monoisotopic (exact) mass is 357 g/mol. The van der Waals surface area contributed by atoms with Crippen molar-refractivity contribution in [3.05, 3.63) is 0 Å². The van der Waals surface area contributed by atoms with Crippen LogP contribution in [0.4, 0.5) is 9.59 Å². The third kappa shape index (κ3) is 8.60. The molecule has 25 heavy (non-hydrogen) atoms. The molecule has 1 aliphatic heterocycles. The molecule has 0 saturated carbocycles. The van der Waals surface area contributed by atoms with Crippen LogP contribution in [-0.2, 0) is 14.3 Å². The first-order chi connectivity index (χ1) is 11.4. The van der Waals surface area contributed by atoms with E-state index in [1.54, 1.807) is 30.6 Å². The van der Waals surface area contributed by atoms with Gasteiger partial charge in [0.2, 0.25) is 5.91 Å². The summed E-state index contributed by atoms with van der Waals surface area (Å²) in [5, 5.41) is 2.57. The lowest BCUT2D eigenvalue weighted by molar-refractivity contribution is -0.132. The Hall–Kier alpha value is -1.99. The quantitative estimate of drug-likeness (QED) is 0.834. The number of alkyl carbamates (subject to hydrolysis) is 1. The first-order valence-electron chi connectivity index (χ1n) is 8.60. The van der Waals surface area contributed by atoms with Crippen LogP contribution in [0.3, 0.4) is 0 Å². The largest absolute Gasteiger partial charge is 0.444 e. The zero-order chi connectivity index (χ0) is 19.3. The Morgan fingerprint density at radius 3 is 1.80 bits per heavy atom. The predicted molar refractivity (Wildman–Crippen MR) is 93.2 cm³/mol. The molecule has 8 heteroatoms. The summed E-state index contributed by atoms with van der Waals surface area (Å²) in [4.78, 5) is 39.0. The molecule has 144 valence electrons. The van der Waals surface area contributed by atoms with E-state index in [1.807, 2.05) is 20.8 Å². The molecule has 1 saturated heterocycles. The summed E-state index contributed by atoms with van der Waals surface area (Å²) in [6.45, 7) is 12.8. The molecule has 1 rings (SSSR count). The van der Waals surface area contributed by atoms with Crippen LogP contribution >= 0.6 is 0 Å². The second kappa shape index (κ2) is 8.40. The van der Waals surface area contributed by atoms with Crippen LogP contribution in [0.25, 0.3) is 0 Å². The minimum absolute atomic E-state index is 0.0557. The van der Waals surface area contributed by atoms with E-state index in [1.165, 1.54) is 0 Å². The number of carbonyl (C=O) groups excluding carboxylic acids is 3. The smallest absolute Gasteiger partial charge is 0.410 e.